The predicted octanol–water partition coefficient (Wildman–Crippen LogP) is 4.00. The summed E-state index contributed by atoms with van der Waals surface area (Å²) in [5.41, 5.74) is 3.67. The Kier molecular flexibility index (Phi) is 7.15. The molecule has 0 bridgehead atoms. The van der Waals surface area contributed by atoms with Crippen LogP contribution < -0.4 is 15.7 Å². The average Bonchev–Trinajstić information content (AvgIpc) is 2.85. The van der Waals surface area contributed by atoms with Crippen molar-refractivity contribution in [3.8, 4) is 17.2 Å². The van der Waals surface area contributed by atoms with E-state index in [0.29, 0.717) is 38.1 Å². The summed E-state index contributed by atoms with van der Waals surface area (Å²) in [6.45, 7) is 0. The molecule has 10 heteroatoms. The smallest absolute Gasteiger partial charge is 0.266 e. The number of benzene rings is 3. The number of aromatic hydroxyl groups is 1. The van der Waals surface area contributed by atoms with Gasteiger partial charge in [-0.3, -0.25) is 14.2 Å². The number of aromatic nitrogens is 2. The van der Waals surface area contributed by atoms with Crippen molar-refractivity contribution < 1.29 is 14.6 Å². The minimum absolute atomic E-state index is 0.0419. The summed E-state index contributed by atoms with van der Waals surface area (Å²) in [4.78, 5) is 30.2. The van der Waals surface area contributed by atoms with Gasteiger partial charge < -0.3 is 9.84 Å². The second-order valence-corrected chi connectivity index (χ2v) is 8.39. The zero-order valence-corrected chi connectivity index (χ0v) is 19.5. The van der Waals surface area contributed by atoms with Crippen LogP contribution in [0.5, 0.6) is 11.5 Å². The highest BCUT2D eigenvalue weighted by molar-refractivity contribution is 7.99. The number of methoxy groups -OCH3 is 1. The number of hydrogen-bond donors (Lipinski definition) is 2. The van der Waals surface area contributed by atoms with Gasteiger partial charge in [-0.25, -0.2) is 10.4 Å². The van der Waals surface area contributed by atoms with Crippen LogP contribution in [0.1, 0.15) is 5.56 Å². The molecular formula is C24H19ClN4O4S. The molecule has 0 radical (unpaired) electrons. The molecule has 1 aromatic heterocycles. The minimum Gasteiger partial charge on any atom is -0.504 e. The van der Waals surface area contributed by atoms with Crippen molar-refractivity contribution in [3.63, 3.8) is 0 Å². The summed E-state index contributed by atoms with van der Waals surface area (Å²) in [5.74, 6) is -0.230. The molecule has 4 rings (SSSR count). The lowest BCUT2D eigenvalue weighted by Gasteiger charge is -2.13. The Bertz CT molecular complexity index is 1440. The molecular weight excluding hydrogens is 476 g/mol. The number of phenols is 1. The standard InChI is InChI=1S/C24H19ClN4O4S/c1-33-20-8-4-5-15(22(20)31)13-26-28-21(30)14-34-24-27-19-7-3-2-6-18(19)23(32)29(24)17-11-9-16(25)10-12-17/h2-13,31H,14H2,1H3,(H,28,30). The first kappa shape index (κ1) is 23.3. The van der Waals surface area contributed by atoms with E-state index < -0.39 is 5.91 Å². The van der Waals surface area contributed by atoms with Gasteiger partial charge in [-0.1, -0.05) is 41.6 Å². The molecule has 8 nitrogen and oxygen atoms in total. The van der Waals surface area contributed by atoms with Crippen LogP contribution >= 0.6 is 23.4 Å². The molecule has 0 spiro atoms. The van der Waals surface area contributed by atoms with Crippen LogP contribution in [0.25, 0.3) is 16.6 Å². The van der Waals surface area contributed by atoms with Crippen LogP contribution in [0, 0.1) is 0 Å². The first-order valence-corrected chi connectivity index (χ1v) is 11.4. The molecule has 2 N–H and O–H groups in total. The van der Waals surface area contributed by atoms with E-state index in [1.165, 1.54) is 17.9 Å². The Hall–Kier alpha value is -3.82. The lowest BCUT2D eigenvalue weighted by atomic mass is 10.2. The van der Waals surface area contributed by atoms with E-state index in [4.69, 9.17) is 16.3 Å². The van der Waals surface area contributed by atoms with Gasteiger partial charge in [0, 0.05) is 10.6 Å². The lowest BCUT2D eigenvalue weighted by Crippen LogP contribution is -2.24. The van der Waals surface area contributed by atoms with Gasteiger partial charge in [0.05, 0.1) is 35.7 Å². The van der Waals surface area contributed by atoms with Gasteiger partial charge in [0.15, 0.2) is 16.7 Å². The SMILES string of the molecule is COc1cccc(C=NNC(=O)CSc2nc3ccccc3c(=O)n2-c2ccc(Cl)cc2)c1O. The molecule has 3 aromatic carbocycles. The van der Waals surface area contributed by atoms with Gasteiger partial charge in [0.1, 0.15) is 0 Å². The molecule has 1 heterocycles. The van der Waals surface area contributed by atoms with Gasteiger partial charge in [0.25, 0.3) is 11.5 Å². The number of halogens is 1. The van der Waals surface area contributed by atoms with Crippen LogP contribution in [0.2, 0.25) is 5.02 Å². The van der Waals surface area contributed by atoms with Crippen LogP contribution in [0.3, 0.4) is 0 Å². The van der Waals surface area contributed by atoms with Gasteiger partial charge in [-0.05, 0) is 48.5 Å². The summed E-state index contributed by atoms with van der Waals surface area (Å²) in [6, 6.07) is 18.8. The van der Waals surface area contributed by atoms with Gasteiger partial charge in [-0.15, -0.1) is 0 Å². The van der Waals surface area contributed by atoms with E-state index >= 15 is 0 Å². The number of thioether (sulfide) groups is 1. The third kappa shape index (κ3) is 5.05. The predicted molar refractivity (Wildman–Crippen MR) is 133 cm³/mol. The number of phenolic OH excluding ortho intramolecular Hbond substituents is 1. The van der Waals surface area contributed by atoms with E-state index in [9.17, 15) is 14.7 Å². The molecule has 0 aliphatic rings. The second kappa shape index (κ2) is 10.4. The average molecular weight is 495 g/mol. The fourth-order valence-electron chi connectivity index (χ4n) is 3.17. The highest BCUT2D eigenvalue weighted by Crippen LogP contribution is 2.28. The number of rotatable bonds is 7. The van der Waals surface area contributed by atoms with Gasteiger partial charge >= 0.3 is 0 Å². The van der Waals surface area contributed by atoms with Crippen LogP contribution in [0.4, 0.5) is 0 Å². The maximum atomic E-state index is 13.2. The number of hydrogen-bond acceptors (Lipinski definition) is 7. The first-order chi connectivity index (χ1) is 16.5. The summed E-state index contributed by atoms with van der Waals surface area (Å²) in [5, 5.41) is 15.3. The number of nitrogens with zero attached hydrogens (tertiary/aromatic N) is 3. The molecule has 172 valence electrons. The zero-order valence-electron chi connectivity index (χ0n) is 17.9. The van der Waals surface area contributed by atoms with Crippen LogP contribution in [-0.2, 0) is 4.79 Å². The maximum Gasteiger partial charge on any atom is 0.266 e. The normalized spacial score (nSPS) is 11.1. The molecule has 0 saturated carbocycles. The third-order valence-corrected chi connectivity index (χ3v) is 6.00. The third-order valence-electron chi connectivity index (χ3n) is 4.81. The van der Waals surface area contributed by atoms with E-state index in [-0.39, 0.29) is 17.1 Å². The van der Waals surface area contributed by atoms with Crippen molar-refractivity contribution in [1.29, 1.82) is 0 Å². The molecule has 0 aliphatic carbocycles. The number of hydrazone groups is 1. The fourth-order valence-corrected chi connectivity index (χ4v) is 4.10. The molecule has 1 amide bonds. The van der Waals surface area contributed by atoms with E-state index in [2.05, 4.69) is 15.5 Å². The molecule has 34 heavy (non-hydrogen) atoms. The monoisotopic (exact) mass is 494 g/mol. The number of ether oxygens (including phenoxy) is 1. The topological polar surface area (TPSA) is 106 Å². The Morgan fingerprint density at radius 2 is 1.94 bits per heavy atom. The number of amides is 1. The van der Waals surface area contributed by atoms with Crippen molar-refractivity contribution in [2.24, 2.45) is 5.10 Å². The maximum absolute atomic E-state index is 13.2. The van der Waals surface area contributed by atoms with E-state index in [1.807, 2.05) is 0 Å². The number of para-hydroxylation sites is 2. The molecule has 0 fully saturated rings. The second-order valence-electron chi connectivity index (χ2n) is 7.01. The fraction of sp³-hybridized carbons (Fsp3) is 0.0833. The molecule has 0 atom stereocenters. The largest absolute Gasteiger partial charge is 0.504 e. The molecule has 0 saturated heterocycles. The van der Waals surface area contributed by atoms with E-state index in [0.717, 1.165) is 11.8 Å². The van der Waals surface area contributed by atoms with Crippen LogP contribution in [-0.4, -0.2) is 39.6 Å². The van der Waals surface area contributed by atoms with Crippen molar-refractivity contribution >= 4 is 46.4 Å². The Morgan fingerprint density at radius 1 is 1.18 bits per heavy atom. The van der Waals surface area contributed by atoms with Gasteiger partial charge in [-0.2, -0.15) is 5.10 Å². The Labute approximate surface area is 203 Å². The Balaban J connectivity index is 1.55. The van der Waals surface area contributed by atoms with Crippen molar-refractivity contribution in [3.05, 3.63) is 87.7 Å². The quantitative estimate of drug-likeness (QED) is 0.174. The van der Waals surface area contributed by atoms with Crippen LogP contribution in [0.15, 0.2) is 81.8 Å². The number of carbonyl (C=O) groups is 1. The first-order valence-electron chi connectivity index (χ1n) is 10.1. The molecule has 4 aromatic rings. The zero-order chi connectivity index (χ0) is 24.1. The highest BCUT2D eigenvalue weighted by Gasteiger charge is 2.15. The number of carbonyl (C=O) groups excluding carboxylic acids is 1. The van der Waals surface area contributed by atoms with Crippen molar-refractivity contribution in [2.45, 2.75) is 5.16 Å². The highest BCUT2D eigenvalue weighted by atomic mass is 35.5. The Morgan fingerprint density at radius 3 is 2.71 bits per heavy atom. The van der Waals surface area contributed by atoms with Crippen molar-refractivity contribution in [1.82, 2.24) is 15.0 Å². The summed E-state index contributed by atoms with van der Waals surface area (Å²) >= 11 is 7.10. The van der Waals surface area contributed by atoms with E-state index in [1.54, 1.807) is 66.7 Å². The number of nitrogens with one attached hydrogen (secondary N) is 1. The summed E-state index contributed by atoms with van der Waals surface area (Å²) in [6.07, 6.45) is 1.32. The van der Waals surface area contributed by atoms with Crippen molar-refractivity contribution in [2.75, 3.05) is 12.9 Å². The molecule has 0 unspecified atom stereocenters. The summed E-state index contributed by atoms with van der Waals surface area (Å²) < 4.78 is 6.50. The molecule has 0 aliphatic heterocycles. The lowest BCUT2D eigenvalue weighted by molar-refractivity contribution is -0.118. The summed E-state index contributed by atoms with van der Waals surface area (Å²) in [7, 11) is 1.44. The number of fused-ring (bicyclic) bond motifs is 1. The minimum atomic E-state index is -0.409. The van der Waals surface area contributed by atoms with Gasteiger partial charge in [0.2, 0.25) is 0 Å².